The molecule has 0 saturated carbocycles. The van der Waals surface area contributed by atoms with Crippen LogP contribution >= 0.6 is 0 Å². The van der Waals surface area contributed by atoms with E-state index in [0.717, 1.165) is 21.9 Å². The number of hydrogen-bond donors (Lipinski definition) is 4. The fourth-order valence-electron chi connectivity index (χ4n) is 3.07. The summed E-state index contributed by atoms with van der Waals surface area (Å²) in [6.45, 7) is 7.08. The highest BCUT2D eigenvalue weighted by Gasteiger charge is 2.18. The number of urea groups is 1. The molecule has 0 bridgehead atoms. The number of fused-ring (bicyclic) bond motifs is 1. The zero-order valence-corrected chi connectivity index (χ0v) is 16.6. The molecule has 0 aliphatic heterocycles. The van der Waals surface area contributed by atoms with E-state index >= 15 is 0 Å². The number of benzene rings is 3. The highest BCUT2D eigenvalue weighted by atomic mass is 16.4. The van der Waals surface area contributed by atoms with Crippen LogP contribution in [0.5, 0.6) is 0 Å². The summed E-state index contributed by atoms with van der Waals surface area (Å²) in [5.74, 6) is -2.03. The molecule has 4 N–H and O–H groups in total. The highest BCUT2D eigenvalue weighted by molar-refractivity contribution is 6.11. The minimum absolute atomic E-state index is 0.118. The van der Waals surface area contributed by atoms with Gasteiger partial charge in [0.05, 0.1) is 11.3 Å². The molecule has 7 heteroatoms. The van der Waals surface area contributed by atoms with Crippen LogP contribution < -0.4 is 16.0 Å². The maximum Gasteiger partial charge on any atom is 0.351 e. The number of carboxylic acids is 1. The number of carboxylic acid groups (broad SMARTS) is 1. The molecule has 0 atom stereocenters. The van der Waals surface area contributed by atoms with Crippen LogP contribution in [-0.4, -0.2) is 23.0 Å². The molecule has 0 saturated heterocycles. The molecule has 3 rings (SSSR count). The van der Waals surface area contributed by atoms with E-state index in [0.29, 0.717) is 5.69 Å². The molecule has 0 radical (unpaired) electrons. The number of rotatable bonds is 5. The van der Waals surface area contributed by atoms with Crippen molar-refractivity contribution in [3.05, 3.63) is 83.6 Å². The van der Waals surface area contributed by atoms with Crippen LogP contribution in [0.15, 0.2) is 66.9 Å². The maximum atomic E-state index is 12.7. The first kappa shape index (κ1) is 20.6. The molecule has 0 spiro atoms. The third-order valence-corrected chi connectivity index (χ3v) is 4.62. The second-order valence-corrected chi connectivity index (χ2v) is 6.83. The van der Waals surface area contributed by atoms with Crippen molar-refractivity contribution in [2.75, 3.05) is 10.6 Å². The summed E-state index contributed by atoms with van der Waals surface area (Å²) >= 11 is 0. The SMILES string of the molecule is C=C(NC(=O)c1cc2ccccc2cc1NC(=O)Nc1c(C)cccc1C)C(=O)O. The van der Waals surface area contributed by atoms with E-state index < -0.39 is 23.6 Å². The van der Waals surface area contributed by atoms with Gasteiger partial charge in [-0.3, -0.25) is 4.79 Å². The fourth-order valence-corrected chi connectivity index (χ4v) is 3.07. The number of para-hydroxylation sites is 1. The smallest absolute Gasteiger partial charge is 0.351 e. The standard InChI is InChI=1S/C23H21N3O4/c1-13-7-6-8-14(2)20(13)26-23(30)25-19-12-17-10-5-4-9-16(17)11-18(19)21(27)24-15(3)22(28)29/h4-12H,3H2,1-2H3,(H,24,27)(H,28,29)(H2,25,26,30). The summed E-state index contributed by atoms with van der Waals surface area (Å²) in [6.07, 6.45) is 0. The van der Waals surface area contributed by atoms with E-state index in [1.54, 1.807) is 12.1 Å². The van der Waals surface area contributed by atoms with E-state index in [1.165, 1.54) is 0 Å². The van der Waals surface area contributed by atoms with Crippen molar-refractivity contribution < 1.29 is 19.5 Å². The fraction of sp³-hybridized carbons (Fsp3) is 0.0870. The average Bonchev–Trinajstić information content (AvgIpc) is 2.70. The Balaban J connectivity index is 1.94. The van der Waals surface area contributed by atoms with Crippen molar-refractivity contribution in [3.63, 3.8) is 0 Å². The maximum absolute atomic E-state index is 12.7. The van der Waals surface area contributed by atoms with E-state index in [9.17, 15) is 14.4 Å². The predicted molar refractivity (Wildman–Crippen MR) is 117 cm³/mol. The summed E-state index contributed by atoms with van der Waals surface area (Å²) < 4.78 is 0. The molecule has 3 amide bonds. The number of aryl methyl sites for hydroxylation is 2. The molecule has 0 unspecified atom stereocenters. The van der Waals surface area contributed by atoms with E-state index in [-0.39, 0.29) is 11.3 Å². The molecular weight excluding hydrogens is 382 g/mol. The van der Waals surface area contributed by atoms with Crippen molar-refractivity contribution in [2.24, 2.45) is 0 Å². The first-order chi connectivity index (χ1) is 14.3. The third kappa shape index (κ3) is 4.47. The summed E-state index contributed by atoms with van der Waals surface area (Å²) in [4.78, 5) is 36.3. The third-order valence-electron chi connectivity index (χ3n) is 4.62. The lowest BCUT2D eigenvalue weighted by molar-refractivity contribution is -0.132. The van der Waals surface area contributed by atoms with Crippen LogP contribution in [0.4, 0.5) is 16.2 Å². The lowest BCUT2D eigenvalue weighted by atomic mass is 10.0. The van der Waals surface area contributed by atoms with Gasteiger partial charge in [-0.15, -0.1) is 0 Å². The second-order valence-electron chi connectivity index (χ2n) is 6.83. The lowest BCUT2D eigenvalue weighted by Gasteiger charge is -2.15. The number of aliphatic carboxylic acids is 1. The van der Waals surface area contributed by atoms with Gasteiger partial charge in [-0.25, -0.2) is 9.59 Å². The Morgan fingerprint density at radius 1 is 0.867 bits per heavy atom. The average molecular weight is 403 g/mol. The Bertz CT molecular complexity index is 1160. The van der Waals surface area contributed by atoms with Gasteiger partial charge < -0.3 is 21.1 Å². The van der Waals surface area contributed by atoms with Gasteiger partial charge in [-0.2, -0.15) is 0 Å². The second kappa shape index (κ2) is 8.48. The molecule has 0 aliphatic carbocycles. The van der Waals surface area contributed by atoms with E-state index in [2.05, 4.69) is 22.5 Å². The van der Waals surface area contributed by atoms with E-state index in [4.69, 9.17) is 5.11 Å². The van der Waals surface area contributed by atoms with Crippen molar-refractivity contribution in [2.45, 2.75) is 13.8 Å². The van der Waals surface area contributed by atoms with Gasteiger partial charge in [0.25, 0.3) is 5.91 Å². The number of nitrogens with one attached hydrogen (secondary N) is 3. The van der Waals surface area contributed by atoms with Gasteiger partial charge in [0, 0.05) is 5.69 Å². The predicted octanol–water partition coefficient (Wildman–Crippen LogP) is 4.43. The Hall–Kier alpha value is -4.13. The molecule has 0 aliphatic rings. The van der Waals surface area contributed by atoms with Crippen LogP contribution in [0.25, 0.3) is 10.8 Å². The topological polar surface area (TPSA) is 108 Å². The molecule has 30 heavy (non-hydrogen) atoms. The van der Waals surface area contributed by atoms with Crippen molar-refractivity contribution in [1.82, 2.24) is 5.32 Å². The van der Waals surface area contributed by atoms with Crippen LogP contribution in [0, 0.1) is 13.8 Å². The molecule has 7 nitrogen and oxygen atoms in total. The van der Waals surface area contributed by atoms with Gasteiger partial charge in [0.15, 0.2) is 0 Å². The Labute approximate surface area is 173 Å². The molecule has 3 aromatic rings. The number of amides is 3. The number of carbonyl (C=O) groups is 3. The Morgan fingerprint density at radius 3 is 2.07 bits per heavy atom. The number of carbonyl (C=O) groups excluding carboxylic acids is 2. The van der Waals surface area contributed by atoms with Gasteiger partial charge in [-0.1, -0.05) is 49.0 Å². The molecule has 0 heterocycles. The van der Waals surface area contributed by atoms with Gasteiger partial charge in [-0.05, 0) is 47.9 Å². The summed E-state index contributed by atoms with van der Waals surface area (Å²) in [5, 5.41) is 18.3. The van der Waals surface area contributed by atoms with Crippen LogP contribution in [0.3, 0.4) is 0 Å². The number of anilines is 2. The summed E-state index contributed by atoms with van der Waals surface area (Å²) in [6, 6.07) is 15.7. The van der Waals surface area contributed by atoms with E-state index in [1.807, 2.05) is 56.3 Å². The van der Waals surface area contributed by atoms with Gasteiger partial charge >= 0.3 is 12.0 Å². The van der Waals surface area contributed by atoms with Gasteiger partial charge in [0.1, 0.15) is 5.70 Å². The molecule has 152 valence electrons. The number of hydrogen-bond acceptors (Lipinski definition) is 3. The molecule has 0 fully saturated rings. The highest BCUT2D eigenvalue weighted by Crippen LogP contribution is 2.25. The summed E-state index contributed by atoms with van der Waals surface area (Å²) in [5.41, 5.74) is 2.39. The first-order valence-corrected chi connectivity index (χ1v) is 9.17. The minimum Gasteiger partial charge on any atom is -0.477 e. The van der Waals surface area contributed by atoms with Crippen molar-refractivity contribution >= 4 is 40.1 Å². The quantitative estimate of drug-likeness (QED) is 0.473. The van der Waals surface area contributed by atoms with Crippen LogP contribution in [0.2, 0.25) is 0 Å². The minimum atomic E-state index is -1.34. The molecular formula is C23H21N3O4. The first-order valence-electron chi connectivity index (χ1n) is 9.17. The van der Waals surface area contributed by atoms with Crippen LogP contribution in [-0.2, 0) is 4.79 Å². The van der Waals surface area contributed by atoms with Crippen molar-refractivity contribution in [3.8, 4) is 0 Å². The Kier molecular flexibility index (Phi) is 5.83. The normalized spacial score (nSPS) is 10.3. The lowest BCUT2D eigenvalue weighted by Crippen LogP contribution is -2.28. The van der Waals surface area contributed by atoms with Crippen LogP contribution in [0.1, 0.15) is 21.5 Å². The monoisotopic (exact) mass is 403 g/mol. The zero-order valence-electron chi connectivity index (χ0n) is 16.6. The summed E-state index contributed by atoms with van der Waals surface area (Å²) in [7, 11) is 0. The molecule has 0 aromatic heterocycles. The largest absolute Gasteiger partial charge is 0.477 e. The van der Waals surface area contributed by atoms with Crippen molar-refractivity contribution in [1.29, 1.82) is 0 Å². The Morgan fingerprint density at radius 2 is 1.47 bits per heavy atom. The zero-order chi connectivity index (χ0) is 21.8. The molecule has 3 aromatic carbocycles. The van der Waals surface area contributed by atoms with Gasteiger partial charge in [0.2, 0.25) is 0 Å².